The zero-order valence-corrected chi connectivity index (χ0v) is 18.1. The molecule has 3 fully saturated rings. The van der Waals surface area contributed by atoms with E-state index in [1.807, 2.05) is 0 Å². The summed E-state index contributed by atoms with van der Waals surface area (Å²) in [6.45, 7) is 2.23. The topological polar surface area (TPSA) is 26.3 Å². The van der Waals surface area contributed by atoms with E-state index in [2.05, 4.69) is 44.9 Å². The van der Waals surface area contributed by atoms with Crippen LogP contribution in [0.15, 0.2) is 11.8 Å². The van der Waals surface area contributed by atoms with Gasteiger partial charge in [0.05, 0.1) is 5.76 Å². The van der Waals surface area contributed by atoms with Crippen LogP contribution in [-0.4, -0.2) is 22.5 Å². The first-order chi connectivity index (χ1) is 11.7. The van der Waals surface area contributed by atoms with Crippen LogP contribution in [0.2, 0.25) is 0 Å². The van der Waals surface area contributed by atoms with Crippen molar-refractivity contribution in [2.75, 3.05) is 10.7 Å². The van der Waals surface area contributed by atoms with Crippen molar-refractivity contribution in [3.8, 4) is 0 Å². The molecule has 0 spiro atoms. The first-order valence-corrected chi connectivity index (χ1v) is 11.9. The number of rotatable bonds is 11. The van der Waals surface area contributed by atoms with Crippen LogP contribution in [0.5, 0.6) is 0 Å². The molecule has 4 atom stereocenters. The van der Waals surface area contributed by atoms with E-state index in [0.29, 0.717) is 36.1 Å². The van der Waals surface area contributed by atoms with Crippen LogP contribution in [0, 0.1) is 17.8 Å². The van der Waals surface area contributed by atoms with Gasteiger partial charge in [-0.25, -0.2) is 0 Å². The maximum Gasteiger partial charge on any atom is 0.136 e. The Morgan fingerprint density at radius 2 is 1.79 bits per heavy atom. The molecule has 0 aromatic heterocycles. The fourth-order valence-corrected chi connectivity index (χ4v) is 5.43. The van der Waals surface area contributed by atoms with Gasteiger partial charge in [-0.3, -0.25) is 4.79 Å². The maximum atomic E-state index is 12.1. The molecular formula is C20H32Br2O2. The Hall–Kier alpha value is 0.170. The summed E-state index contributed by atoms with van der Waals surface area (Å²) in [5, 5.41) is 2.06. The maximum absolute atomic E-state index is 12.1. The van der Waals surface area contributed by atoms with E-state index in [4.69, 9.17) is 4.74 Å². The highest BCUT2D eigenvalue weighted by molar-refractivity contribution is 9.09. The monoisotopic (exact) mass is 462 g/mol. The summed E-state index contributed by atoms with van der Waals surface area (Å²) in [5.74, 6) is 3.26. The number of ether oxygens (including phenoxy) is 1. The van der Waals surface area contributed by atoms with E-state index in [1.165, 1.54) is 38.5 Å². The highest BCUT2D eigenvalue weighted by atomic mass is 79.9. The van der Waals surface area contributed by atoms with Gasteiger partial charge in [-0.05, 0) is 31.3 Å². The third-order valence-electron chi connectivity index (χ3n) is 5.58. The van der Waals surface area contributed by atoms with Gasteiger partial charge in [-0.2, -0.15) is 0 Å². The minimum absolute atomic E-state index is 0.330. The van der Waals surface area contributed by atoms with E-state index >= 15 is 0 Å². The molecule has 3 rings (SSSR count). The highest BCUT2D eigenvalue weighted by Gasteiger charge is 2.45. The minimum Gasteiger partial charge on any atom is -0.494 e. The lowest BCUT2D eigenvalue weighted by Gasteiger charge is -2.48. The quantitative estimate of drug-likeness (QED) is 0.261. The highest BCUT2D eigenvalue weighted by Crippen LogP contribution is 2.47. The number of carbonyl (C=O) groups excluding carboxylic acids is 1. The fourth-order valence-electron chi connectivity index (χ4n) is 4.03. The van der Waals surface area contributed by atoms with Crippen LogP contribution in [0.4, 0.5) is 0 Å². The molecule has 2 nitrogen and oxygen atoms in total. The zero-order chi connectivity index (χ0) is 17.4. The second kappa shape index (κ2) is 11.0. The molecule has 1 aliphatic carbocycles. The zero-order valence-electron chi connectivity index (χ0n) is 14.9. The Kier molecular flexibility index (Phi) is 9.39. The van der Waals surface area contributed by atoms with Crippen LogP contribution >= 0.6 is 31.9 Å². The molecule has 3 aliphatic rings. The molecule has 4 heteroatoms. The molecule has 1 saturated carbocycles. The van der Waals surface area contributed by atoms with Crippen molar-refractivity contribution < 1.29 is 9.53 Å². The smallest absolute Gasteiger partial charge is 0.136 e. The van der Waals surface area contributed by atoms with Crippen LogP contribution in [0.25, 0.3) is 0 Å². The number of hydrogen-bond donors (Lipinski definition) is 0. The second-order valence-corrected chi connectivity index (χ2v) is 8.72. The molecule has 0 amide bonds. The Morgan fingerprint density at radius 3 is 2.46 bits per heavy atom. The molecule has 24 heavy (non-hydrogen) atoms. The molecule has 2 heterocycles. The average molecular weight is 464 g/mol. The van der Waals surface area contributed by atoms with Crippen LogP contribution in [-0.2, 0) is 9.53 Å². The molecule has 0 N–H and O–H groups in total. The van der Waals surface area contributed by atoms with Gasteiger partial charge in [0.15, 0.2) is 0 Å². The molecule has 0 aromatic rings. The summed E-state index contributed by atoms with van der Waals surface area (Å²) in [6.07, 6.45) is 13.5. The van der Waals surface area contributed by atoms with E-state index in [1.54, 1.807) is 0 Å². The van der Waals surface area contributed by atoms with Crippen molar-refractivity contribution in [1.82, 2.24) is 0 Å². The normalized spacial score (nSPS) is 30.5. The number of halogens is 2. The number of hydrogen-bond acceptors (Lipinski definition) is 2. The number of alkyl halides is 2. The van der Waals surface area contributed by atoms with Gasteiger partial charge >= 0.3 is 0 Å². The number of ketones is 1. The summed E-state index contributed by atoms with van der Waals surface area (Å²) in [5.41, 5.74) is 0. The molecule has 0 aromatic carbocycles. The molecule has 2 aliphatic heterocycles. The fraction of sp³-hybridized carbons (Fsp3) is 0.850. The molecule has 138 valence electrons. The van der Waals surface area contributed by atoms with E-state index in [9.17, 15) is 4.79 Å². The average Bonchev–Trinajstić information content (AvgIpc) is 2.62. The Balaban J connectivity index is 1.74. The summed E-state index contributed by atoms with van der Waals surface area (Å²) in [4.78, 5) is 12.1. The molecule has 2 bridgehead atoms. The van der Waals surface area contributed by atoms with Crippen molar-refractivity contribution in [3.63, 3.8) is 0 Å². The van der Waals surface area contributed by atoms with Gasteiger partial charge in [0.1, 0.15) is 11.9 Å². The lowest BCUT2D eigenvalue weighted by Crippen LogP contribution is -2.45. The minimum atomic E-state index is 0.330. The number of fused-ring (bicyclic) bond motifs is 3. The van der Waals surface area contributed by atoms with Crippen LogP contribution < -0.4 is 0 Å². The van der Waals surface area contributed by atoms with Crippen LogP contribution in [0.1, 0.15) is 71.1 Å². The van der Waals surface area contributed by atoms with Crippen molar-refractivity contribution >= 4 is 37.6 Å². The Morgan fingerprint density at radius 1 is 1.08 bits per heavy atom. The van der Waals surface area contributed by atoms with Crippen molar-refractivity contribution in [2.24, 2.45) is 17.8 Å². The number of unbranched alkanes of at least 4 members (excludes halogenated alkanes) is 5. The van der Waals surface area contributed by atoms with E-state index in [-0.39, 0.29) is 0 Å². The number of carbonyl (C=O) groups is 1. The lowest BCUT2D eigenvalue weighted by molar-refractivity contribution is -0.118. The predicted octanol–water partition coefficient (Wildman–Crippen LogP) is 6.41. The Labute approximate surface area is 164 Å². The predicted molar refractivity (Wildman–Crippen MR) is 108 cm³/mol. The summed E-state index contributed by atoms with van der Waals surface area (Å²) >= 11 is 7.28. The summed E-state index contributed by atoms with van der Waals surface area (Å²) in [6, 6.07) is 0. The third kappa shape index (κ3) is 5.86. The molecule has 0 radical (unpaired) electrons. The SMILES string of the molecule is CCCCCCCCC(=O)C/C=C1/OC2CC(CBr)C1CC2CBr. The van der Waals surface area contributed by atoms with E-state index in [0.717, 1.165) is 35.7 Å². The molecule has 2 saturated heterocycles. The molecular weight excluding hydrogens is 432 g/mol. The Bertz CT molecular complexity index is 422. The largest absolute Gasteiger partial charge is 0.494 e. The number of Topliss-reactive ketones (excluding diaryl/α,β-unsaturated/α-hetero) is 1. The first kappa shape index (κ1) is 20.5. The first-order valence-electron chi connectivity index (χ1n) is 9.69. The lowest BCUT2D eigenvalue weighted by atomic mass is 9.70. The second-order valence-electron chi connectivity index (χ2n) is 7.43. The number of allylic oxidation sites excluding steroid dienone is 2. The van der Waals surface area contributed by atoms with Crippen molar-refractivity contribution in [3.05, 3.63) is 11.8 Å². The van der Waals surface area contributed by atoms with Crippen molar-refractivity contribution in [2.45, 2.75) is 77.2 Å². The summed E-state index contributed by atoms with van der Waals surface area (Å²) in [7, 11) is 0. The standard InChI is InChI=1S/C20H32Br2O2/c1-2-3-4-5-6-7-8-17(23)9-10-19-18-11-16(14-22)20(24-19)12-15(18)13-21/h10,15-16,18,20H,2-9,11-14H2,1H3/b19-10+. The van der Waals surface area contributed by atoms with E-state index < -0.39 is 0 Å². The van der Waals surface area contributed by atoms with Gasteiger partial charge in [-0.1, -0.05) is 70.9 Å². The third-order valence-corrected chi connectivity index (χ3v) is 7.24. The van der Waals surface area contributed by atoms with Crippen molar-refractivity contribution in [1.29, 1.82) is 0 Å². The van der Waals surface area contributed by atoms with Gasteiger partial charge in [0.25, 0.3) is 0 Å². The van der Waals surface area contributed by atoms with Gasteiger partial charge in [-0.15, -0.1) is 0 Å². The summed E-state index contributed by atoms with van der Waals surface area (Å²) < 4.78 is 6.20. The van der Waals surface area contributed by atoms with Crippen LogP contribution in [0.3, 0.4) is 0 Å². The molecule has 4 unspecified atom stereocenters. The van der Waals surface area contributed by atoms with Gasteiger partial charge < -0.3 is 4.74 Å². The van der Waals surface area contributed by atoms with Gasteiger partial charge in [0, 0.05) is 35.3 Å². The van der Waals surface area contributed by atoms with Gasteiger partial charge in [0.2, 0.25) is 0 Å².